The molecule has 1 aromatic heterocycles. The van der Waals surface area contributed by atoms with Crippen molar-refractivity contribution in [2.24, 2.45) is 0 Å². The van der Waals surface area contributed by atoms with Crippen molar-refractivity contribution in [2.45, 2.75) is 12.9 Å². The number of halogens is 3. The van der Waals surface area contributed by atoms with E-state index in [1.165, 1.54) is 42.4 Å². The summed E-state index contributed by atoms with van der Waals surface area (Å²) in [5.41, 5.74) is 1.88. The van der Waals surface area contributed by atoms with Crippen molar-refractivity contribution in [1.29, 1.82) is 0 Å². The molecule has 0 unspecified atom stereocenters. The maximum atomic E-state index is 12.2. The zero-order valence-corrected chi connectivity index (χ0v) is 14.6. The summed E-state index contributed by atoms with van der Waals surface area (Å²) in [6.07, 6.45) is -3.30. The largest absolute Gasteiger partial charge is 0.573 e. The average Bonchev–Trinajstić information content (AvgIpc) is 3.14. The van der Waals surface area contributed by atoms with Gasteiger partial charge in [0.1, 0.15) is 12.1 Å². The van der Waals surface area contributed by atoms with Gasteiger partial charge in [0.05, 0.1) is 18.4 Å². The van der Waals surface area contributed by atoms with Crippen LogP contribution in [0.15, 0.2) is 54.9 Å². The zero-order chi connectivity index (χ0) is 20.1. The van der Waals surface area contributed by atoms with E-state index in [2.05, 4.69) is 24.9 Å². The van der Waals surface area contributed by atoms with Crippen LogP contribution in [0, 0.1) is 0 Å². The van der Waals surface area contributed by atoms with E-state index in [1.54, 1.807) is 24.3 Å². The topological polar surface area (TPSA) is 78.3 Å². The Balaban J connectivity index is 1.60. The predicted molar refractivity (Wildman–Crippen MR) is 93.2 cm³/mol. The number of anilines is 1. The fraction of sp³-hybridized carbons (Fsp3) is 0.167. The number of ether oxygens (including phenoxy) is 2. The monoisotopic (exact) mass is 392 g/mol. The second-order valence-corrected chi connectivity index (χ2v) is 5.60. The first-order chi connectivity index (χ1) is 13.3. The Hall–Kier alpha value is -3.56. The van der Waals surface area contributed by atoms with Crippen molar-refractivity contribution in [3.05, 3.63) is 66.0 Å². The minimum Gasteiger partial charge on any atom is -0.465 e. The number of benzene rings is 2. The second kappa shape index (κ2) is 7.99. The summed E-state index contributed by atoms with van der Waals surface area (Å²) in [5, 5.41) is 7.24. The molecule has 0 spiro atoms. The summed E-state index contributed by atoms with van der Waals surface area (Å²) in [5.74, 6) is -0.385. The molecular formula is C18H15F3N4O3. The molecule has 0 aliphatic rings. The van der Waals surface area contributed by atoms with E-state index in [0.717, 1.165) is 5.56 Å². The van der Waals surface area contributed by atoms with Crippen LogP contribution in [0.25, 0.3) is 5.69 Å². The van der Waals surface area contributed by atoms with E-state index in [0.29, 0.717) is 23.7 Å². The van der Waals surface area contributed by atoms with Crippen LogP contribution in [0.1, 0.15) is 15.9 Å². The summed E-state index contributed by atoms with van der Waals surface area (Å²) in [6.45, 7) is 0.420. The Morgan fingerprint density at radius 2 is 1.79 bits per heavy atom. The number of methoxy groups -OCH3 is 1. The lowest BCUT2D eigenvalue weighted by Gasteiger charge is -2.09. The lowest BCUT2D eigenvalue weighted by molar-refractivity contribution is -0.274. The highest BCUT2D eigenvalue weighted by Gasteiger charge is 2.30. The normalized spacial score (nSPS) is 11.1. The number of rotatable bonds is 6. The summed E-state index contributed by atoms with van der Waals surface area (Å²) >= 11 is 0. The van der Waals surface area contributed by atoms with Gasteiger partial charge in [-0.25, -0.2) is 14.5 Å². The van der Waals surface area contributed by atoms with Gasteiger partial charge in [-0.3, -0.25) is 0 Å². The molecule has 2 aromatic carbocycles. The van der Waals surface area contributed by atoms with Crippen molar-refractivity contribution >= 4 is 11.9 Å². The summed E-state index contributed by atoms with van der Waals surface area (Å²) < 4.78 is 46.5. The van der Waals surface area contributed by atoms with Crippen LogP contribution in [0.2, 0.25) is 0 Å². The number of hydrogen-bond acceptors (Lipinski definition) is 6. The van der Waals surface area contributed by atoms with Crippen LogP contribution in [0.3, 0.4) is 0 Å². The zero-order valence-electron chi connectivity index (χ0n) is 14.6. The molecule has 0 bridgehead atoms. The molecule has 0 atom stereocenters. The molecule has 0 saturated carbocycles. The molecule has 0 aliphatic heterocycles. The van der Waals surface area contributed by atoms with Gasteiger partial charge in [-0.2, -0.15) is 0 Å². The Kier molecular flexibility index (Phi) is 5.48. The minimum absolute atomic E-state index is 0.315. The number of carbonyl (C=O) groups excluding carboxylic acids is 1. The molecule has 0 saturated heterocycles. The maximum absolute atomic E-state index is 12.2. The van der Waals surface area contributed by atoms with Crippen molar-refractivity contribution in [3.63, 3.8) is 0 Å². The number of nitrogens with zero attached hydrogens (tertiary/aromatic N) is 3. The highest BCUT2D eigenvalue weighted by molar-refractivity contribution is 5.89. The third kappa shape index (κ3) is 5.00. The molecule has 0 amide bonds. The Morgan fingerprint density at radius 1 is 1.11 bits per heavy atom. The molecule has 0 fully saturated rings. The molecular weight excluding hydrogens is 377 g/mol. The SMILES string of the molecule is COC(=O)c1ccc(CNc2ncn(-c3ccc(OC(F)(F)F)cc3)n2)cc1. The van der Waals surface area contributed by atoms with Gasteiger partial charge >= 0.3 is 12.3 Å². The fourth-order valence-electron chi connectivity index (χ4n) is 2.33. The number of aromatic nitrogens is 3. The van der Waals surface area contributed by atoms with E-state index >= 15 is 0 Å². The van der Waals surface area contributed by atoms with Crippen molar-refractivity contribution in [2.75, 3.05) is 12.4 Å². The van der Waals surface area contributed by atoms with Gasteiger partial charge in [0.15, 0.2) is 0 Å². The van der Waals surface area contributed by atoms with Crippen LogP contribution in [-0.2, 0) is 11.3 Å². The lowest BCUT2D eigenvalue weighted by atomic mass is 10.1. The van der Waals surface area contributed by atoms with Crippen LogP contribution < -0.4 is 10.1 Å². The number of esters is 1. The van der Waals surface area contributed by atoms with Gasteiger partial charge < -0.3 is 14.8 Å². The number of carbonyl (C=O) groups is 1. The molecule has 1 heterocycles. The molecule has 0 radical (unpaired) electrons. The van der Waals surface area contributed by atoms with Crippen LogP contribution in [0.5, 0.6) is 5.75 Å². The molecule has 28 heavy (non-hydrogen) atoms. The van der Waals surface area contributed by atoms with Crippen molar-refractivity contribution < 1.29 is 27.4 Å². The maximum Gasteiger partial charge on any atom is 0.573 e. The molecule has 3 rings (SSSR count). The minimum atomic E-state index is -4.74. The number of alkyl halides is 3. The van der Waals surface area contributed by atoms with Gasteiger partial charge in [0, 0.05) is 6.54 Å². The Bertz CT molecular complexity index is 938. The van der Waals surface area contributed by atoms with E-state index in [9.17, 15) is 18.0 Å². The number of nitrogens with one attached hydrogen (secondary N) is 1. The standard InChI is InChI=1S/C18H15F3N4O3/c1-27-16(26)13-4-2-12(3-5-13)10-22-17-23-11-25(24-17)14-6-8-15(9-7-14)28-18(19,20)21/h2-9,11H,10H2,1H3,(H,22,24). The highest BCUT2D eigenvalue weighted by Crippen LogP contribution is 2.23. The first-order valence-corrected chi connectivity index (χ1v) is 8.03. The molecule has 146 valence electrons. The summed E-state index contributed by atoms with van der Waals surface area (Å²) in [4.78, 5) is 15.5. The molecule has 0 aliphatic carbocycles. The van der Waals surface area contributed by atoms with Gasteiger partial charge in [0.2, 0.25) is 5.95 Å². The van der Waals surface area contributed by atoms with E-state index in [-0.39, 0.29) is 5.75 Å². The van der Waals surface area contributed by atoms with Gasteiger partial charge in [-0.15, -0.1) is 18.3 Å². The van der Waals surface area contributed by atoms with Crippen LogP contribution in [0.4, 0.5) is 19.1 Å². The molecule has 3 aromatic rings. The van der Waals surface area contributed by atoms with E-state index < -0.39 is 12.3 Å². The highest BCUT2D eigenvalue weighted by atomic mass is 19.4. The third-order valence-corrected chi connectivity index (χ3v) is 3.65. The molecule has 1 N–H and O–H groups in total. The number of hydrogen-bond donors (Lipinski definition) is 1. The fourth-order valence-corrected chi connectivity index (χ4v) is 2.33. The summed E-state index contributed by atoms with van der Waals surface area (Å²) in [6, 6.07) is 12.1. The summed E-state index contributed by atoms with van der Waals surface area (Å²) in [7, 11) is 1.32. The van der Waals surface area contributed by atoms with Gasteiger partial charge in [-0.1, -0.05) is 12.1 Å². The van der Waals surface area contributed by atoms with E-state index in [1.807, 2.05) is 0 Å². The Labute approximate surface area is 157 Å². The lowest BCUT2D eigenvalue weighted by Crippen LogP contribution is -2.17. The predicted octanol–water partition coefficient (Wildman–Crippen LogP) is 3.56. The van der Waals surface area contributed by atoms with Crippen LogP contribution >= 0.6 is 0 Å². The molecule has 7 nitrogen and oxygen atoms in total. The third-order valence-electron chi connectivity index (χ3n) is 3.65. The Morgan fingerprint density at radius 3 is 2.39 bits per heavy atom. The smallest absolute Gasteiger partial charge is 0.465 e. The molecule has 10 heteroatoms. The average molecular weight is 392 g/mol. The van der Waals surface area contributed by atoms with E-state index in [4.69, 9.17) is 0 Å². The van der Waals surface area contributed by atoms with Crippen LogP contribution in [-0.4, -0.2) is 34.2 Å². The first kappa shape index (κ1) is 19.2. The van der Waals surface area contributed by atoms with Crippen molar-refractivity contribution in [1.82, 2.24) is 14.8 Å². The first-order valence-electron chi connectivity index (χ1n) is 8.03. The van der Waals surface area contributed by atoms with Crippen molar-refractivity contribution in [3.8, 4) is 11.4 Å². The van der Waals surface area contributed by atoms with Gasteiger partial charge in [-0.05, 0) is 42.0 Å². The quantitative estimate of drug-likeness (QED) is 0.647. The van der Waals surface area contributed by atoms with Gasteiger partial charge in [0.25, 0.3) is 0 Å². The second-order valence-electron chi connectivity index (χ2n) is 5.60.